The van der Waals surface area contributed by atoms with Crippen molar-refractivity contribution in [2.75, 3.05) is 13.1 Å². The van der Waals surface area contributed by atoms with Gasteiger partial charge in [0.15, 0.2) is 0 Å². The number of piperidine rings is 1. The molecule has 8 heteroatoms. The van der Waals surface area contributed by atoms with E-state index in [4.69, 9.17) is 4.52 Å². The zero-order valence-corrected chi connectivity index (χ0v) is 14.7. The van der Waals surface area contributed by atoms with E-state index in [1.165, 1.54) is 23.1 Å². The van der Waals surface area contributed by atoms with Crippen molar-refractivity contribution in [2.24, 2.45) is 0 Å². The van der Waals surface area contributed by atoms with Gasteiger partial charge in [0.1, 0.15) is 23.0 Å². The molecule has 0 N–H and O–H groups in total. The monoisotopic (exact) mass is 387 g/mol. The minimum atomic E-state index is -0.886. The van der Waals surface area contributed by atoms with Crippen LogP contribution in [0.4, 0.5) is 13.2 Å². The minimum absolute atomic E-state index is 0.220. The summed E-state index contributed by atoms with van der Waals surface area (Å²) in [6.45, 7) is 0.611. The number of likely N-dealkylation sites (tertiary alicyclic amines) is 1. The highest BCUT2D eigenvalue weighted by molar-refractivity contribution is 5.94. The molecular weight excluding hydrogens is 371 g/mol. The van der Waals surface area contributed by atoms with Gasteiger partial charge in [0.05, 0.1) is 5.92 Å². The molecule has 4 rings (SSSR count). The first kappa shape index (κ1) is 18.2. The summed E-state index contributed by atoms with van der Waals surface area (Å²) >= 11 is 0. The molecule has 5 nitrogen and oxygen atoms in total. The normalized spacial score (nSPS) is 17.0. The zero-order chi connectivity index (χ0) is 19.7. The second-order valence-corrected chi connectivity index (χ2v) is 6.65. The van der Waals surface area contributed by atoms with Crippen LogP contribution in [-0.2, 0) is 0 Å². The highest BCUT2D eigenvalue weighted by Gasteiger charge is 2.31. The zero-order valence-electron chi connectivity index (χ0n) is 14.7. The Balaban J connectivity index is 1.53. The quantitative estimate of drug-likeness (QED) is 0.677. The van der Waals surface area contributed by atoms with Crippen molar-refractivity contribution in [1.29, 1.82) is 0 Å². The van der Waals surface area contributed by atoms with E-state index in [-0.39, 0.29) is 18.3 Å². The molecule has 0 unspecified atom stereocenters. The Morgan fingerprint density at radius 2 is 1.79 bits per heavy atom. The van der Waals surface area contributed by atoms with Crippen molar-refractivity contribution in [2.45, 2.75) is 18.8 Å². The van der Waals surface area contributed by atoms with E-state index in [1.54, 1.807) is 12.1 Å². The molecule has 1 aromatic heterocycles. The number of aromatic nitrogens is 2. The molecular formula is C20H16F3N3O2. The summed E-state index contributed by atoms with van der Waals surface area (Å²) in [5.74, 6) is -2.42. The predicted octanol–water partition coefficient (Wildman–Crippen LogP) is 4.17. The summed E-state index contributed by atoms with van der Waals surface area (Å²) in [5.41, 5.74) is 0.0502. The van der Waals surface area contributed by atoms with Gasteiger partial charge in [-0.15, -0.1) is 0 Å². The molecule has 1 saturated heterocycles. The van der Waals surface area contributed by atoms with Crippen molar-refractivity contribution in [3.05, 3.63) is 71.4 Å². The van der Waals surface area contributed by atoms with E-state index in [9.17, 15) is 18.0 Å². The number of benzene rings is 2. The van der Waals surface area contributed by atoms with Gasteiger partial charge in [-0.3, -0.25) is 4.79 Å². The first-order valence-electron chi connectivity index (χ1n) is 8.86. The number of rotatable bonds is 3. The molecule has 1 aliphatic rings. The lowest BCUT2D eigenvalue weighted by Crippen LogP contribution is -2.40. The van der Waals surface area contributed by atoms with Crippen LogP contribution in [0.3, 0.4) is 0 Å². The fourth-order valence-corrected chi connectivity index (χ4v) is 3.34. The maximum absolute atomic E-state index is 13.9. The largest absolute Gasteiger partial charge is 0.339 e. The third kappa shape index (κ3) is 3.49. The van der Waals surface area contributed by atoms with E-state index >= 15 is 0 Å². The lowest BCUT2D eigenvalue weighted by atomic mass is 9.97. The summed E-state index contributed by atoms with van der Waals surface area (Å²) in [6.07, 6.45) is 1.34. The van der Waals surface area contributed by atoms with Gasteiger partial charge in [-0.1, -0.05) is 11.2 Å². The van der Waals surface area contributed by atoms with Gasteiger partial charge in [-0.05, 0) is 49.2 Å². The van der Waals surface area contributed by atoms with E-state index in [0.29, 0.717) is 36.7 Å². The Labute approximate surface area is 158 Å². The van der Waals surface area contributed by atoms with Crippen LogP contribution in [0, 0.1) is 17.5 Å². The van der Waals surface area contributed by atoms with Crippen LogP contribution < -0.4 is 0 Å². The molecule has 1 aliphatic heterocycles. The molecule has 0 saturated carbocycles. The van der Waals surface area contributed by atoms with Gasteiger partial charge in [0.2, 0.25) is 11.7 Å². The van der Waals surface area contributed by atoms with Crippen LogP contribution in [0.5, 0.6) is 0 Å². The van der Waals surface area contributed by atoms with Gasteiger partial charge >= 0.3 is 0 Å². The molecule has 144 valence electrons. The van der Waals surface area contributed by atoms with E-state index in [1.807, 2.05) is 0 Å². The molecule has 0 bridgehead atoms. The maximum Gasteiger partial charge on any atom is 0.259 e. The average Bonchev–Trinajstić information content (AvgIpc) is 3.19. The molecule has 1 fully saturated rings. The van der Waals surface area contributed by atoms with Crippen LogP contribution in [0.25, 0.3) is 11.4 Å². The van der Waals surface area contributed by atoms with Crippen LogP contribution in [0.15, 0.2) is 47.0 Å². The molecule has 1 atom stereocenters. The smallest absolute Gasteiger partial charge is 0.259 e. The maximum atomic E-state index is 13.9. The Kier molecular flexibility index (Phi) is 4.85. The second kappa shape index (κ2) is 7.46. The summed E-state index contributed by atoms with van der Waals surface area (Å²) in [4.78, 5) is 18.4. The Morgan fingerprint density at radius 1 is 1.07 bits per heavy atom. The topological polar surface area (TPSA) is 59.2 Å². The molecule has 0 spiro atoms. The summed E-state index contributed by atoms with van der Waals surface area (Å²) in [6, 6.07) is 9.03. The molecule has 2 aromatic carbocycles. The predicted molar refractivity (Wildman–Crippen MR) is 93.9 cm³/mol. The number of hydrogen-bond acceptors (Lipinski definition) is 4. The second-order valence-electron chi connectivity index (χ2n) is 6.65. The van der Waals surface area contributed by atoms with Gasteiger partial charge in [0, 0.05) is 18.7 Å². The molecule has 28 heavy (non-hydrogen) atoms. The first-order chi connectivity index (χ1) is 13.5. The number of amides is 1. The number of halogens is 3. The molecule has 0 radical (unpaired) electrons. The van der Waals surface area contributed by atoms with Crippen molar-refractivity contribution in [3.63, 3.8) is 0 Å². The Morgan fingerprint density at radius 3 is 2.50 bits per heavy atom. The number of hydrogen-bond donors (Lipinski definition) is 0. The van der Waals surface area contributed by atoms with Gasteiger partial charge in [0.25, 0.3) is 5.91 Å². The minimum Gasteiger partial charge on any atom is -0.339 e. The van der Waals surface area contributed by atoms with Crippen molar-refractivity contribution >= 4 is 5.91 Å². The van der Waals surface area contributed by atoms with E-state index in [2.05, 4.69) is 10.1 Å². The van der Waals surface area contributed by atoms with E-state index in [0.717, 1.165) is 12.1 Å². The molecule has 2 heterocycles. The van der Waals surface area contributed by atoms with Gasteiger partial charge in [-0.2, -0.15) is 4.98 Å². The van der Waals surface area contributed by atoms with Crippen LogP contribution in [0.2, 0.25) is 0 Å². The molecule has 1 amide bonds. The number of carbonyl (C=O) groups excluding carboxylic acids is 1. The van der Waals surface area contributed by atoms with Gasteiger partial charge in [-0.25, -0.2) is 13.2 Å². The summed E-state index contributed by atoms with van der Waals surface area (Å²) < 4.78 is 46.3. The summed E-state index contributed by atoms with van der Waals surface area (Å²) in [7, 11) is 0. The fourth-order valence-electron chi connectivity index (χ4n) is 3.34. The Hall–Kier alpha value is -3.16. The number of carbonyl (C=O) groups is 1. The van der Waals surface area contributed by atoms with Gasteiger partial charge < -0.3 is 9.42 Å². The third-order valence-corrected chi connectivity index (χ3v) is 4.78. The number of nitrogens with zero attached hydrogens (tertiary/aromatic N) is 3. The van der Waals surface area contributed by atoms with Crippen LogP contribution >= 0.6 is 0 Å². The van der Waals surface area contributed by atoms with Crippen LogP contribution in [0.1, 0.15) is 35.0 Å². The highest BCUT2D eigenvalue weighted by atomic mass is 19.1. The van der Waals surface area contributed by atoms with Crippen molar-refractivity contribution in [1.82, 2.24) is 15.0 Å². The molecule has 0 aliphatic carbocycles. The summed E-state index contributed by atoms with van der Waals surface area (Å²) in [5, 5.41) is 3.92. The van der Waals surface area contributed by atoms with E-state index < -0.39 is 23.1 Å². The standard InChI is InChI=1S/C20H16F3N3O2/c21-14-8-6-12(7-9-14)18-24-19(28-25-18)13-3-2-10-26(11-13)20(27)17-15(22)4-1-5-16(17)23/h1,4-9,13H,2-3,10-11H2/t13-/m1/s1. The fraction of sp³-hybridized carbons (Fsp3) is 0.250. The average molecular weight is 387 g/mol. The molecule has 3 aromatic rings. The van der Waals surface area contributed by atoms with Crippen molar-refractivity contribution in [3.8, 4) is 11.4 Å². The first-order valence-corrected chi connectivity index (χ1v) is 8.86. The lowest BCUT2D eigenvalue weighted by molar-refractivity contribution is 0.0686. The Bertz CT molecular complexity index is 984. The SMILES string of the molecule is O=C(c1c(F)cccc1F)N1CCC[C@@H](c2nc(-c3ccc(F)cc3)no2)C1. The van der Waals surface area contributed by atoms with Crippen molar-refractivity contribution < 1.29 is 22.5 Å². The highest BCUT2D eigenvalue weighted by Crippen LogP contribution is 2.29. The third-order valence-electron chi connectivity index (χ3n) is 4.78. The van der Waals surface area contributed by atoms with Crippen LogP contribution in [-0.4, -0.2) is 34.0 Å². The lowest BCUT2D eigenvalue weighted by Gasteiger charge is -2.31.